The molecule has 2 heterocycles. The number of hydrogen-bond acceptors (Lipinski definition) is 7. The molecule has 1 aromatic carbocycles. The maximum atomic E-state index is 12.3. The van der Waals surface area contributed by atoms with Crippen LogP contribution in [-0.2, 0) is 21.2 Å². The summed E-state index contributed by atoms with van der Waals surface area (Å²) in [5.41, 5.74) is 1.31. The zero-order chi connectivity index (χ0) is 22.3. The number of hydrogen-bond donors (Lipinski definition) is 1. The van der Waals surface area contributed by atoms with Crippen LogP contribution in [0.4, 0.5) is 5.69 Å². The molecule has 8 nitrogen and oxygen atoms in total. The number of amides is 1. The Bertz CT molecular complexity index is 1090. The summed E-state index contributed by atoms with van der Waals surface area (Å²) in [7, 11) is -3.57. The van der Waals surface area contributed by atoms with Crippen LogP contribution in [0.3, 0.4) is 0 Å². The molecule has 0 spiro atoms. The van der Waals surface area contributed by atoms with Gasteiger partial charge in [0.05, 0.1) is 16.8 Å². The fraction of sp³-hybridized carbons (Fsp3) is 0.381. The molecule has 0 aliphatic carbocycles. The Morgan fingerprint density at radius 3 is 2.68 bits per heavy atom. The van der Waals surface area contributed by atoms with Crippen LogP contribution in [0.5, 0.6) is 0 Å². The van der Waals surface area contributed by atoms with Crippen LogP contribution in [0.15, 0.2) is 46.3 Å². The Balaban J connectivity index is 1.39. The predicted octanol–water partition coefficient (Wildman–Crippen LogP) is 3.40. The Morgan fingerprint density at radius 1 is 1.16 bits per heavy atom. The molecule has 10 heteroatoms. The van der Waals surface area contributed by atoms with Gasteiger partial charge in [-0.3, -0.25) is 9.10 Å². The molecule has 0 radical (unpaired) electrons. The molecule has 3 aromatic rings. The number of para-hydroxylation sites is 1. The minimum atomic E-state index is -3.57. The van der Waals surface area contributed by atoms with Crippen LogP contribution in [0.2, 0.25) is 0 Å². The van der Waals surface area contributed by atoms with E-state index in [0.29, 0.717) is 30.4 Å². The van der Waals surface area contributed by atoms with Gasteiger partial charge in [0.25, 0.3) is 0 Å². The molecule has 1 N–H and O–H groups in total. The molecule has 0 bridgehead atoms. The number of nitrogens with one attached hydrogen (secondary N) is 1. The summed E-state index contributed by atoms with van der Waals surface area (Å²) in [5, 5.41) is 8.76. The number of rotatable bonds is 11. The third kappa shape index (κ3) is 6.63. The molecule has 1 amide bonds. The molecule has 2 aromatic heterocycles. The smallest absolute Gasteiger partial charge is 0.240 e. The first-order valence-corrected chi connectivity index (χ1v) is 12.7. The Labute approximate surface area is 186 Å². The van der Waals surface area contributed by atoms with Gasteiger partial charge < -0.3 is 9.84 Å². The van der Waals surface area contributed by atoms with E-state index in [2.05, 4.69) is 15.5 Å². The Morgan fingerprint density at radius 2 is 1.97 bits per heavy atom. The van der Waals surface area contributed by atoms with Gasteiger partial charge in [0.2, 0.25) is 27.6 Å². The molecule has 31 heavy (non-hydrogen) atoms. The molecule has 166 valence electrons. The summed E-state index contributed by atoms with van der Waals surface area (Å²) in [5.74, 6) is 0.891. The number of unbranched alkanes of at least 4 members (excludes halogenated alkanes) is 2. The normalized spacial score (nSPS) is 11.4. The predicted molar refractivity (Wildman–Crippen MR) is 122 cm³/mol. The minimum Gasteiger partial charge on any atom is -0.355 e. The van der Waals surface area contributed by atoms with E-state index in [-0.39, 0.29) is 12.5 Å². The molecule has 3 rings (SSSR count). The topological polar surface area (TPSA) is 105 Å². The summed E-state index contributed by atoms with van der Waals surface area (Å²) in [4.78, 5) is 17.7. The highest BCUT2D eigenvalue weighted by atomic mass is 32.2. The molecule has 0 saturated heterocycles. The van der Waals surface area contributed by atoms with E-state index in [4.69, 9.17) is 4.52 Å². The molecular weight excluding hydrogens is 436 g/mol. The van der Waals surface area contributed by atoms with Crippen LogP contribution in [-0.4, -0.2) is 43.8 Å². The lowest BCUT2D eigenvalue weighted by Gasteiger charge is -2.23. The summed E-state index contributed by atoms with van der Waals surface area (Å²) in [6, 6.07) is 11.0. The SMILES string of the molecule is Cc1ccccc1N(CC(=O)NCCCCCc1nc(-c2cccs2)no1)S(C)(=O)=O. The van der Waals surface area contributed by atoms with Crippen LogP contribution < -0.4 is 9.62 Å². The van der Waals surface area contributed by atoms with E-state index >= 15 is 0 Å². The van der Waals surface area contributed by atoms with E-state index in [1.54, 1.807) is 23.5 Å². The molecule has 0 aliphatic rings. The number of aromatic nitrogens is 2. The van der Waals surface area contributed by atoms with Gasteiger partial charge in [-0.25, -0.2) is 8.42 Å². The lowest BCUT2D eigenvalue weighted by molar-refractivity contribution is -0.119. The van der Waals surface area contributed by atoms with Gasteiger partial charge >= 0.3 is 0 Å². The van der Waals surface area contributed by atoms with Gasteiger partial charge in [0, 0.05) is 13.0 Å². The van der Waals surface area contributed by atoms with Crippen molar-refractivity contribution in [3.05, 3.63) is 53.2 Å². The molecule has 0 atom stereocenters. The van der Waals surface area contributed by atoms with Gasteiger partial charge in [-0.2, -0.15) is 4.98 Å². The quantitative estimate of drug-likeness (QED) is 0.438. The second-order valence-electron chi connectivity index (χ2n) is 7.21. The van der Waals surface area contributed by atoms with Crippen LogP contribution in [0.1, 0.15) is 30.7 Å². The average Bonchev–Trinajstić information content (AvgIpc) is 3.40. The Hall–Kier alpha value is -2.72. The van der Waals surface area contributed by atoms with Gasteiger partial charge in [-0.05, 0) is 42.8 Å². The number of benzene rings is 1. The van der Waals surface area contributed by atoms with Crippen LogP contribution >= 0.6 is 11.3 Å². The molecule has 0 saturated carbocycles. The van der Waals surface area contributed by atoms with Gasteiger partial charge in [-0.1, -0.05) is 35.8 Å². The first-order chi connectivity index (χ1) is 14.8. The summed E-state index contributed by atoms with van der Waals surface area (Å²) >= 11 is 1.57. The van der Waals surface area contributed by atoms with Gasteiger partial charge in [0.1, 0.15) is 6.54 Å². The third-order valence-corrected chi connectivity index (χ3v) is 6.66. The molecule has 0 aliphatic heterocycles. The molecular formula is C21H26N4O4S2. The average molecular weight is 463 g/mol. The van der Waals surface area contributed by atoms with Crippen LogP contribution in [0.25, 0.3) is 10.7 Å². The Kier molecular flexibility index (Phi) is 7.80. The van der Waals surface area contributed by atoms with E-state index in [1.165, 1.54) is 0 Å². The lowest BCUT2D eigenvalue weighted by atomic mass is 10.2. The fourth-order valence-corrected chi connectivity index (χ4v) is 4.64. The number of nitrogens with zero attached hydrogens (tertiary/aromatic N) is 3. The lowest BCUT2D eigenvalue weighted by Crippen LogP contribution is -2.41. The van der Waals surface area contributed by atoms with E-state index in [9.17, 15) is 13.2 Å². The fourth-order valence-electron chi connectivity index (χ4n) is 3.08. The van der Waals surface area contributed by atoms with E-state index in [0.717, 1.165) is 40.3 Å². The molecule has 0 unspecified atom stereocenters. The van der Waals surface area contributed by atoms with Gasteiger partial charge in [-0.15, -0.1) is 11.3 Å². The maximum absolute atomic E-state index is 12.3. The van der Waals surface area contributed by atoms with Crippen molar-refractivity contribution >= 4 is 33.0 Å². The van der Waals surface area contributed by atoms with Crippen molar-refractivity contribution in [3.8, 4) is 10.7 Å². The first-order valence-electron chi connectivity index (χ1n) is 10.0. The highest BCUT2D eigenvalue weighted by Crippen LogP contribution is 2.22. The monoisotopic (exact) mass is 462 g/mol. The number of carbonyl (C=O) groups is 1. The maximum Gasteiger partial charge on any atom is 0.240 e. The number of anilines is 1. The number of thiophene rings is 1. The van der Waals surface area contributed by atoms with Crippen molar-refractivity contribution in [2.75, 3.05) is 23.7 Å². The summed E-state index contributed by atoms with van der Waals surface area (Å²) in [6.45, 7) is 2.06. The number of carbonyl (C=O) groups excluding carboxylic acids is 1. The zero-order valence-electron chi connectivity index (χ0n) is 17.6. The largest absolute Gasteiger partial charge is 0.355 e. The van der Waals surface area contributed by atoms with Crippen molar-refractivity contribution in [2.45, 2.75) is 32.6 Å². The van der Waals surface area contributed by atoms with E-state index in [1.807, 2.05) is 36.6 Å². The van der Waals surface area contributed by atoms with Crippen molar-refractivity contribution in [2.24, 2.45) is 0 Å². The number of aryl methyl sites for hydroxylation is 2. The summed E-state index contributed by atoms with van der Waals surface area (Å²) < 4.78 is 30.8. The first kappa shape index (κ1) is 23.0. The zero-order valence-corrected chi connectivity index (χ0v) is 19.2. The summed E-state index contributed by atoms with van der Waals surface area (Å²) in [6.07, 6.45) is 4.31. The van der Waals surface area contributed by atoms with E-state index < -0.39 is 10.0 Å². The number of sulfonamides is 1. The van der Waals surface area contributed by atoms with Crippen molar-refractivity contribution in [1.82, 2.24) is 15.5 Å². The third-order valence-electron chi connectivity index (χ3n) is 4.67. The van der Waals surface area contributed by atoms with Crippen LogP contribution in [0, 0.1) is 6.92 Å². The van der Waals surface area contributed by atoms with Crippen molar-refractivity contribution in [3.63, 3.8) is 0 Å². The highest BCUT2D eigenvalue weighted by molar-refractivity contribution is 7.92. The van der Waals surface area contributed by atoms with Crippen molar-refractivity contribution in [1.29, 1.82) is 0 Å². The minimum absolute atomic E-state index is 0.239. The second kappa shape index (κ2) is 10.5. The standard InChI is InChI=1S/C21H26N4O4S2/c1-16-9-5-6-10-17(16)25(31(2,27)28)15-19(26)22-13-7-3-4-12-20-23-21(24-29-20)18-11-8-14-30-18/h5-6,8-11,14H,3-4,7,12-13,15H2,1-2H3,(H,22,26). The second-order valence-corrected chi connectivity index (χ2v) is 10.1. The van der Waals surface area contributed by atoms with Crippen molar-refractivity contribution < 1.29 is 17.7 Å². The molecule has 0 fully saturated rings. The van der Waals surface area contributed by atoms with Gasteiger partial charge in [0.15, 0.2) is 0 Å². The highest BCUT2D eigenvalue weighted by Gasteiger charge is 2.21.